The fourth-order valence-electron chi connectivity index (χ4n) is 7.45. The Morgan fingerprint density at radius 1 is 0.739 bits per heavy atom. The standard InChI is InChI=1S/C41H44O5/c1-20-15-34(40(45)46-39-27(8)25(6)38(29(10)42)26(7)28(39)9)21(2)14-31(20)18-37(44)33-13-12-30(23(4)24(33)5)17-35-36-19-32(43)16-22(3)41(35,36)11/h12-16,19,35H,17-18H2,1-11H3. The molecule has 0 aliphatic heterocycles. The molecule has 2 atom stereocenters. The molecule has 0 heterocycles. The maximum atomic E-state index is 13.6. The molecule has 46 heavy (non-hydrogen) atoms. The summed E-state index contributed by atoms with van der Waals surface area (Å²) in [5.41, 5.74) is 13.1. The Labute approximate surface area is 272 Å². The van der Waals surface area contributed by atoms with Crippen molar-refractivity contribution in [2.24, 2.45) is 11.3 Å². The molecule has 0 radical (unpaired) electrons. The van der Waals surface area contributed by atoms with E-state index in [0.29, 0.717) is 28.4 Å². The van der Waals surface area contributed by atoms with Gasteiger partial charge < -0.3 is 4.74 Å². The van der Waals surface area contributed by atoms with Crippen molar-refractivity contribution in [1.29, 1.82) is 0 Å². The molecule has 5 nitrogen and oxygen atoms in total. The Balaban J connectivity index is 1.34. The number of ether oxygens (including phenoxy) is 1. The molecule has 1 saturated carbocycles. The zero-order valence-corrected chi connectivity index (χ0v) is 29.0. The lowest BCUT2D eigenvalue weighted by Gasteiger charge is -2.19. The van der Waals surface area contributed by atoms with Crippen LogP contribution in [0.4, 0.5) is 0 Å². The minimum Gasteiger partial charge on any atom is -0.422 e. The van der Waals surface area contributed by atoms with Crippen LogP contribution >= 0.6 is 0 Å². The van der Waals surface area contributed by atoms with Crippen molar-refractivity contribution >= 4 is 23.3 Å². The number of carbonyl (C=O) groups excluding carboxylic acids is 4. The van der Waals surface area contributed by atoms with Gasteiger partial charge in [0.25, 0.3) is 0 Å². The molecule has 5 heteroatoms. The van der Waals surface area contributed by atoms with Crippen molar-refractivity contribution in [3.63, 3.8) is 0 Å². The molecule has 0 saturated heterocycles. The second kappa shape index (κ2) is 11.8. The quantitative estimate of drug-likeness (QED) is 0.144. The highest BCUT2D eigenvalue weighted by molar-refractivity contribution is 6.03. The third-order valence-electron chi connectivity index (χ3n) is 11.0. The summed E-state index contributed by atoms with van der Waals surface area (Å²) in [4.78, 5) is 51.4. The van der Waals surface area contributed by atoms with Gasteiger partial charge in [0.1, 0.15) is 5.75 Å². The van der Waals surface area contributed by atoms with Crippen molar-refractivity contribution < 1.29 is 23.9 Å². The van der Waals surface area contributed by atoms with E-state index >= 15 is 0 Å². The summed E-state index contributed by atoms with van der Waals surface area (Å²) < 4.78 is 5.96. The second-order valence-electron chi connectivity index (χ2n) is 13.7. The highest BCUT2D eigenvalue weighted by Crippen LogP contribution is 2.65. The van der Waals surface area contributed by atoms with Crippen LogP contribution in [0, 0.1) is 66.7 Å². The number of esters is 1. The van der Waals surface area contributed by atoms with Crippen LogP contribution in [0.5, 0.6) is 5.75 Å². The first-order chi connectivity index (χ1) is 21.5. The Bertz CT molecular complexity index is 1920. The number of hydrogen-bond donors (Lipinski definition) is 0. The molecular weight excluding hydrogens is 572 g/mol. The van der Waals surface area contributed by atoms with Crippen molar-refractivity contribution in [2.45, 2.75) is 89.0 Å². The monoisotopic (exact) mass is 616 g/mol. The zero-order chi connectivity index (χ0) is 34.0. The Morgan fingerprint density at radius 3 is 1.98 bits per heavy atom. The Morgan fingerprint density at radius 2 is 1.37 bits per heavy atom. The Hall–Kier alpha value is -4.38. The van der Waals surface area contributed by atoms with Gasteiger partial charge in [0.15, 0.2) is 17.3 Å². The van der Waals surface area contributed by atoms with E-state index in [4.69, 9.17) is 4.74 Å². The summed E-state index contributed by atoms with van der Waals surface area (Å²) in [6.45, 7) is 21.2. The largest absolute Gasteiger partial charge is 0.422 e. The maximum Gasteiger partial charge on any atom is 0.343 e. The molecule has 2 aliphatic carbocycles. The molecule has 0 N–H and O–H groups in total. The number of Topliss-reactive ketones (excluding diaryl/α,β-unsaturated/α-hetero) is 2. The molecule has 0 aromatic heterocycles. The number of fused-ring (bicyclic) bond motifs is 1. The second-order valence-corrected chi connectivity index (χ2v) is 13.7. The topological polar surface area (TPSA) is 77.5 Å². The van der Waals surface area contributed by atoms with Crippen molar-refractivity contribution in [3.05, 3.63) is 120 Å². The van der Waals surface area contributed by atoms with E-state index < -0.39 is 5.97 Å². The molecule has 0 spiro atoms. The van der Waals surface area contributed by atoms with Gasteiger partial charge in [-0.05, 0) is 155 Å². The van der Waals surface area contributed by atoms with Crippen LogP contribution in [0.25, 0.3) is 0 Å². The summed E-state index contributed by atoms with van der Waals surface area (Å²) in [6.07, 6.45) is 4.62. The summed E-state index contributed by atoms with van der Waals surface area (Å²) in [5.74, 6) is 0.440. The molecule has 2 aliphatic rings. The van der Waals surface area contributed by atoms with Gasteiger partial charge in [-0.25, -0.2) is 4.79 Å². The fourth-order valence-corrected chi connectivity index (χ4v) is 7.45. The lowest BCUT2D eigenvalue weighted by atomic mass is 9.88. The van der Waals surface area contributed by atoms with E-state index in [1.807, 2.05) is 67.5 Å². The van der Waals surface area contributed by atoms with Gasteiger partial charge in [0.05, 0.1) is 5.56 Å². The first-order valence-corrected chi connectivity index (χ1v) is 16.0. The number of allylic oxidation sites excluding steroid dienone is 4. The van der Waals surface area contributed by atoms with Gasteiger partial charge in [-0.15, -0.1) is 0 Å². The number of carbonyl (C=O) groups is 4. The molecule has 3 aromatic rings. The maximum absolute atomic E-state index is 13.6. The third kappa shape index (κ3) is 5.40. The van der Waals surface area contributed by atoms with E-state index in [-0.39, 0.29) is 29.2 Å². The van der Waals surface area contributed by atoms with Crippen LogP contribution in [0.2, 0.25) is 0 Å². The number of rotatable bonds is 8. The molecule has 5 rings (SSSR count). The van der Waals surface area contributed by atoms with Crippen LogP contribution < -0.4 is 4.74 Å². The molecule has 3 aromatic carbocycles. The average molecular weight is 617 g/mol. The van der Waals surface area contributed by atoms with Gasteiger partial charge in [0.2, 0.25) is 0 Å². The first-order valence-electron chi connectivity index (χ1n) is 16.0. The van der Waals surface area contributed by atoms with Gasteiger partial charge >= 0.3 is 5.97 Å². The molecule has 2 unspecified atom stereocenters. The van der Waals surface area contributed by atoms with E-state index in [2.05, 4.69) is 19.9 Å². The number of ketones is 3. The highest BCUT2D eigenvalue weighted by Gasteiger charge is 2.58. The Kier molecular flexibility index (Phi) is 8.44. The smallest absolute Gasteiger partial charge is 0.343 e. The fraction of sp³-hybridized carbons (Fsp3) is 0.366. The lowest BCUT2D eigenvalue weighted by molar-refractivity contribution is -0.110. The predicted octanol–water partition coefficient (Wildman–Crippen LogP) is 8.64. The highest BCUT2D eigenvalue weighted by atomic mass is 16.5. The van der Waals surface area contributed by atoms with Gasteiger partial charge in [0, 0.05) is 23.0 Å². The van der Waals surface area contributed by atoms with E-state index in [9.17, 15) is 19.2 Å². The summed E-state index contributed by atoms with van der Waals surface area (Å²) >= 11 is 0. The van der Waals surface area contributed by atoms with Crippen LogP contribution in [0.15, 0.2) is 47.6 Å². The summed E-state index contributed by atoms with van der Waals surface area (Å²) in [6, 6.07) is 7.73. The van der Waals surface area contributed by atoms with Gasteiger partial charge in [-0.2, -0.15) is 0 Å². The molecule has 0 bridgehead atoms. The minimum atomic E-state index is -0.462. The third-order valence-corrected chi connectivity index (χ3v) is 11.0. The van der Waals surface area contributed by atoms with Crippen LogP contribution in [0.3, 0.4) is 0 Å². The molecule has 1 fully saturated rings. The molecule has 238 valence electrons. The minimum absolute atomic E-state index is 0.00791. The van der Waals surface area contributed by atoms with Crippen molar-refractivity contribution in [3.8, 4) is 5.75 Å². The predicted molar refractivity (Wildman–Crippen MR) is 182 cm³/mol. The number of benzene rings is 3. The first kappa shape index (κ1) is 33.0. The van der Waals surface area contributed by atoms with Crippen LogP contribution in [0.1, 0.15) is 107 Å². The normalized spacial score (nSPS) is 18.5. The zero-order valence-electron chi connectivity index (χ0n) is 29.0. The number of hydrogen-bond acceptors (Lipinski definition) is 5. The summed E-state index contributed by atoms with van der Waals surface area (Å²) in [7, 11) is 0. The van der Waals surface area contributed by atoms with E-state index in [1.54, 1.807) is 25.1 Å². The van der Waals surface area contributed by atoms with E-state index in [1.165, 1.54) is 11.1 Å². The van der Waals surface area contributed by atoms with Crippen molar-refractivity contribution in [1.82, 2.24) is 0 Å². The van der Waals surface area contributed by atoms with E-state index in [0.717, 1.165) is 62.1 Å². The van der Waals surface area contributed by atoms with Crippen LogP contribution in [-0.4, -0.2) is 23.3 Å². The van der Waals surface area contributed by atoms with Crippen molar-refractivity contribution in [2.75, 3.05) is 0 Å². The lowest BCUT2D eigenvalue weighted by Crippen LogP contribution is -2.16. The average Bonchev–Trinajstić information content (AvgIpc) is 3.56. The molecule has 0 amide bonds. The van der Waals surface area contributed by atoms with Crippen LogP contribution in [-0.2, 0) is 17.6 Å². The van der Waals surface area contributed by atoms with Gasteiger partial charge in [-0.1, -0.05) is 36.3 Å². The number of aryl methyl sites for hydroxylation is 2. The summed E-state index contributed by atoms with van der Waals surface area (Å²) in [5, 5.41) is 0. The molecular formula is C41H44O5. The SMILES string of the molecule is CC(=O)c1c(C)c(C)c(OC(=O)c2cc(C)c(CC(=O)c3ccc(CC4C5=CC(=O)C=C(C)C54C)c(C)c3C)cc2C)c(C)c1C. The van der Waals surface area contributed by atoms with Gasteiger partial charge in [-0.3, -0.25) is 14.4 Å².